The van der Waals surface area contributed by atoms with E-state index in [1.54, 1.807) is 25.3 Å². The van der Waals surface area contributed by atoms with Gasteiger partial charge < -0.3 is 24.5 Å². The van der Waals surface area contributed by atoms with Crippen LogP contribution in [0, 0.1) is 0 Å². The lowest BCUT2D eigenvalue weighted by Gasteiger charge is -2.26. The predicted molar refractivity (Wildman–Crippen MR) is 128 cm³/mol. The Hall–Kier alpha value is -2.98. The number of amides is 1. The highest BCUT2D eigenvalue weighted by Gasteiger charge is 2.14. The molecule has 3 rings (SSSR count). The average Bonchev–Trinajstić information content (AvgIpc) is 2.86. The van der Waals surface area contributed by atoms with Crippen LogP contribution in [0.2, 0.25) is 0 Å². The summed E-state index contributed by atoms with van der Waals surface area (Å²) in [5, 5.41) is 11.1. The molecule has 1 aliphatic rings. The zero-order valence-electron chi connectivity index (χ0n) is 20.3. The van der Waals surface area contributed by atoms with Gasteiger partial charge in [0.25, 0.3) is 5.56 Å². The van der Waals surface area contributed by atoms with Crippen molar-refractivity contribution in [2.45, 2.75) is 45.6 Å². The minimum absolute atomic E-state index is 0.0561. The van der Waals surface area contributed by atoms with Crippen molar-refractivity contribution in [2.75, 3.05) is 46.5 Å². The molecule has 0 radical (unpaired) electrons. The summed E-state index contributed by atoms with van der Waals surface area (Å²) < 4.78 is 16.6. The van der Waals surface area contributed by atoms with Gasteiger partial charge in [0.1, 0.15) is 5.69 Å². The highest BCUT2D eigenvalue weighted by Crippen LogP contribution is 2.32. The molecule has 1 unspecified atom stereocenters. The Morgan fingerprint density at radius 1 is 1.26 bits per heavy atom. The van der Waals surface area contributed by atoms with Crippen LogP contribution in [0.15, 0.2) is 23.0 Å². The molecule has 1 amide bonds. The maximum absolute atomic E-state index is 12.5. The largest absolute Gasteiger partial charge is 0.493 e. The molecular weight excluding hydrogens is 438 g/mol. The molecule has 0 spiro atoms. The maximum Gasteiger partial charge on any atom is 0.273 e. The van der Waals surface area contributed by atoms with Crippen LogP contribution in [0.25, 0.3) is 11.4 Å². The van der Waals surface area contributed by atoms with Gasteiger partial charge in [0.15, 0.2) is 17.3 Å². The zero-order chi connectivity index (χ0) is 24.3. The maximum atomic E-state index is 12.5. The third-order valence-corrected chi connectivity index (χ3v) is 5.77. The number of nitrogens with zero attached hydrogens (tertiary/aromatic N) is 3. The standard InChI is InChI=1S/C24H35N5O5/c1-4-17(2)34-20-8-6-18(16-21(20)32-3)23-26-24(31)19(27-28-23)7-9-22(30)25-10-5-11-29-12-14-33-15-13-29/h6,8,16-17H,4-5,7,9-15H2,1-3H3,(H,25,30)(H,26,28,31). The number of ether oxygens (including phenoxy) is 3. The number of H-pyrrole nitrogens is 1. The molecule has 1 aromatic carbocycles. The molecule has 0 aliphatic carbocycles. The molecule has 186 valence electrons. The van der Waals surface area contributed by atoms with Crippen molar-refractivity contribution in [1.29, 1.82) is 0 Å². The van der Waals surface area contributed by atoms with E-state index >= 15 is 0 Å². The Morgan fingerprint density at radius 3 is 2.76 bits per heavy atom. The number of methoxy groups -OCH3 is 1. The van der Waals surface area contributed by atoms with Crippen molar-refractivity contribution in [3.05, 3.63) is 34.2 Å². The number of aromatic nitrogens is 3. The molecule has 1 fully saturated rings. The van der Waals surface area contributed by atoms with E-state index in [4.69, 9.17) is 14.2 Å². The molecular formula is C24H35N5O5. The summed E-state index contributed by atoms with van der Waals surface area (Å²) in [5.41, 5.74) is 0.530. The molecule has 0 saturated carbocycles. The Kier molecular flexibility index (Phi) is 9.84. The summed E-state index contributed by atoms with van der Waals surface area (Å²) in [6, 6.07) is 5.34. The molecule has 2 heterocycles. The first-order chi connectivity index (χ1) is 16.5. The summed E-state index contributed by atoms with van der Waals surface area (Å²) in [6.45, 7) is 8.99. The van der Waals surface area contributed by atoms with Crippen LogP contribution in [-0.2, 0) is 16.0 Å². The van der Waals surface area contributed by atoms with Gasteiger partial charge in [-0.25, -0.2) is 0 Å². The number of aromatic amines is 1. The number of carbonyl (C=O) groups excluding carboxylic acids is 1. The molecule has 2 aromatic rings. The van der Waals surface area contributed by atoms with Gasteiger partial charge in [-0.1, -0.05) is 6.92 Å². The van der Waals surface area contributed by atoms with E-state index in [-0.39, 0.29) is 36.1 Å². The van der Waals surface area contributed by atoms with Crippen molar-refractivity contribution in [1.82, 2.24) is 25.4 Å². The lowest BCUT2D eigenvalue weighted by atomic mass is 10.2. The molecule has 1 aliphatic heterocycles. The fraction of sp³-hybridized carbons (Fsp3) is 0.583. The normalized spacial score (nSPS) is 15.0. The van der Waals surface area contributed by atoms with Crippen molar-refractivity contribution in [2.24, 2.45) is 0 Å². The number of hydrogen-bond donors (Lipinski definition) is 2. The average molecular weight is 474 g/mol. The molecule has 10 nitrogen and oxygen atoms in total. The second-order valence-electron chi connectivity index (χ2n) is 8.31. The first kappa shape index (κ1) is 25.6. The number of benzene rings is 1. The third-order valence-electron chi connectivity index (χ3n) is 5.77. The van der Waals surface area contributed by atoms with E-state index in [2.05, 4.69) is 25.4 Å². The minimum atomic E-state index is -0.357. The van der Waals surface area contributed by atoms with Crippen LogP contribution in [-0.4, -0.2) is 78.6 Å². The predicted octanol–water partition coefficient (Wildman–Crippen LogP) is 1.79. The van der Waals surface area contributed by atoms with Gasteiger partial charge >= 0.3 is 0 Å². The first-order valence-electron chi connectivity index (χ1n) is 11.9. The summed E-state index contributed by atoms with van der Waals surface area (Å²) in [5.74, 6) is 1.40. The number of hydrogen-bond acceptors (Lipinski definition) is 8. The van der Waals surface area contributed by atoms with Gasteiger partial charge in [0.05, 0.1) is 26.4 Å². The SMILES string of the molecule is CCC(C)Oc1ccc(-c2nnc(CCC(=O)NCCCN3CCOCC3)c(=O)[nH]2)cc1OC. The second-order valence-corrected chi connectivity index (χ2v) is 8.31. The van der Waals surface area contributed by atoms with E-state index < -0.39 is 0 Å². The highest BCUT2D eigenvalue weighted by atomic mass is 16.5. The van der Waals surface area contributed by atoms with E-state index in [0.29, 0.717) is 29.4 Å². The lowest BCUT2D eigenvalue weighted by molar-refractivity contribution is -0.121. The smallest absolute Gasteiger partial charge is 0.273 e. The summed E-state index contributed by atoms with van der Waals surface area (Å²) in [6.07, 6.45) is 2.22. The monoisotopic (exact) mass is 473 g/mol. The Labute approximate surface area is 200 Å². The van der Waals surface area contributed by atoms with E-state index in [0.717, 1.165) is 45.7 Å². The molecule has 34 heavy (non-hydrogen) atoms. The van der Waals surface area contributed by atoms with Gasteiger partial charge in [-0.05, 0) is 44.5 Å². The van der Waals surface area contributed by atoms with Crippen LogP contribution in [0.1, 0.15) is 38.8 Å². The van der Waals surface area contributed by atoms with Crippen LogP contribution < -0.4 is 20.3 Å². The van der Waals surface area contributed by atoms with E-state index in [9.17, 15) is 9.59 Å². The summed E-state index contributed by atoms with van der Waals surface area (Å²) >= 11 is 0. The molecule has 0 bridgehead atoms. The molecule has 1 atom stereocenters. The number of carbonyl (C=O) groups is 1. The van der Waals surface area contributed by atoms with Gasteiger partial charge in [0.2, 0.25) is 5.91 Å². The van der Waals surface area contributed by atoms with Crippen LogP contribution in [0.3, 0.4) is 0 Å². The van der Waals surface area contributed by atoms with Crippen molar-refractivity contribution in [3.8, 4) is 22.9 Å². The molecule has 10 heteroatoms. The third kappa shape index (κ3) is 7.53. The highest BCUT2D eigenvalue weighted by molar-refractivity contribution is 5.76. The first-order valence-corrected chi connectivity index (χ1v) is 11.9. The van der Waals surface area contributed by atoms with Crippen LogP contribution in [0.4, 0.5) is 0 Å². The van der Waals surface area contributed by atoms with Crippen LogP contribution >= 0.6 is 0 Å². The zero-order valence-corrected chi connectivity index (χ0v) is 20.3. The quantitative estimate of drug-likeness (QED) is 0.448. The fourth-order valence-electron chi connectivity index (χ4n) is 3.54. The number of nitrogens with one attached hydrogen (secondary N) is 2. The molecule has 1 saturated heterocycles. The number of morpholine rings is 1. The van der Waals surface area contributed by atoms with Gasteiger partial charge in [0, 0.05) is 38.0 Å². The minimum Gasteiger partial charge on any atom is -0.493 e. The summed E-state index contributed by atoms with van der Waals surface area (Å²) in [4.78, 5) is 29.7. The van der Waals surface area contributed by atoms with Gasteiger partial charge in [-0.2, -0.15) is 0 Å². The fourth-order valence-corrected chi connectivity index (χ4v) is 3.54. The van der Waals surface area contributed by atoms with E-state index in [1.165, 1.54) is 0 Å². The van der Waals surface area contributed by atoms with Gasteiger partial charge in [-0.15, -0.1) is 10.2 Å². The second kappa shape index (κ2) is 13.0. The van der Waals surface area contributed by atoms with Gasteiger partial charge in [-0.3, -0.25) is 14.5 Å². The van der Waals surface area contributed by atoms with E-state index in [1.807, 2.05) is 13.8 Å². The Morgan fingerprint density at radius 2 is 2.06 bits per heavy atom. The number of aryl methyl sites for hydroxylation is 1. The Balaban J connectivity index is 1.50. The lowest BCUT2D eigenvalue weighted by Crippen LogP contribution is -2.38. The summed E-state index contributed by atoms with van der Waals surface area (Å²) in [7, 11) is 1.56. The van der Waals surface area contributed by atoms with Crippen molar-refractivity contribution in [3.63, 3.8) is 0 Å². The molecule has 1 aromatic heterocycles. The number of rotatable bonds is 12. The van der Waals surface area contributed by atoms with Crippen molar-refractivity contribution >= 4 is 5.91 Å². The topological polar surface area (TPSA) is 119 Å². The van der Waals surface area contributed by atoms with Crippen LogP contribution in [0.5, 0.6) is 11.5 Å². The van der Waals surface area contributed by atoms with Crippen molar-refractivity contribution < 1.29 is 19.0 Å². The molecule has 2 N–H and O–H groups in total. The Bertz CT molecular complexity index is 990.